The quantitative estimate of drug-likeness (QED) is 0.763. The summed E-state index contributed by atoms with van der Waals surface area (Å²) in [6, 6.07) is 2.33. The largest absolute Gasteiger partial charge is 0.480 e. The smallest absolute Gasteiger partial charge is 0.341 e. The van der Waals surface area contributed by atoms with E-state index >= 15 is 0 Å². The molecule has 0 aromatic carbocycles. The molecule has 19 heavy (non-hydrogen) atoms. The molecule has 6 nitrogen and oxygen atoms in total. The van der Waals surface area contributed by atoms with Crippen molar-refractivity contribution in [1.29, 1.82) is 0 Å². The van der Waals surface area contributed by atoms with E-state index in [2.05, 4.69) is 10.3 Å². The first-order valence-corrected chi connectivity index (χ1v) is 6.08. The van der Waals surface area contributed by atoms with E-state index < -0.39 is 18.0 Å². The minimum absolute atomic E-state index is 0.144. The van der Waals surface area contributed by atoms with E-state index in [1.54, 1.807) is 32.9 Å². The van der Waals surface area contributed by atoms with E-state index in [1.807, 2.05) is 0 Å². The molecule has 1 unspecified atom stereocenters. The van der Waals surface area contributed by atoms with Crippen LogP contribution in [0.3, 0.4) is 0 Å². The zero-order valence-corrected chi connectivity index (χ0v) is 11.2. The molecular formula is C13H18N2O4. The van der Waals surface area contributed by atoms with Crippen molar-refractivity contribution in [2.45, 2.75) is 26.8 Å². The summed E-state index contributed by atoms with van der Waals surface area (Å²) in [5.41, 5.74) is 0.233. The molecule has 0 aliphatic heterocycles. The fourth-order valence-corrected chi connectivity index (χ4v) is 1.55. The summed E-state index contributed by atoms with van der Waals surface area (Å²) >= 11 is 0. The van der Waals surface area contributed by atoms with Crippen LogP contribution in [-0.4, -0.2) is 34.7 Å². The van der Waals surface area contributed by atoms with Crippen LogP contribution in [0.1, 0.15) is 31.1 Å². The molecule has 1 heterocycles. The zero-order chi connectivity index (χ0) is 14.4. The number of aromatic nitrogens is 1. The lowest BCUT2D eigenvalue weighted by Gasteiger charge is -2.19. The van der Waals surface area contributed by atoms with Crippen molar-refractivity contribution in [3.63, 3.8) is 0 Å². The number of ether oxygens (including phenoxy) is 1. The van der Waals surface area contributed by atoms with Gasteiger partial charge in [0.1, 0.15) is 17.4 Å². The van der Waals surface area contributed by atoms with Gasteiger partial charge in [-0.1, -0.05) is 13.8 Å². The van der Waals surface area contributed by atoms with Crippen molar-refractivity contribution < 1.29 is 19.4 Å². The van der Waals surface area contributed by atoms with E-state index in [0.717, 1.165) is 0 Å². The lowest BCUT2D eigenvalue weighted by molar-refractivity contribution is -0.138. The summed E-state index contributed by atoms with van der Waals surface area (Å²) in [7, 11) is 0. The van der Waals surface area contributed by atoms with E-state index in [1.165, 1.54) is 6.20 Å². The van der Waals surface area contributed by atoms with E-state index in [4.69, 9.17) is 9.84 Å². The molecule has 0 saturated heterocycles. The Balaban J connectivity index is 3.00. The molecule has 0 radical (unpaired) electrons. The number of carboxylic acid groups (broad SMARTS) is 1. The van der Waals surface area contributed by atoms with Gasteiger partial charge in [0, 0.05) is 6.20 Å². The number of anilines is 1. The van der Waals surface area contributed by atoms with Crippen molar-refractivity contribution in [2.75, 3.05) is 11.9 Å². The lowest BCUT2D eigenvalue weighted by atomic mass is 10.0. The molecule has 6 heteroatoms. The number of hydrogen-bond donors (Lipinski definition) is 2. The number of rotatable bonds is 6. The maximum atomic E-state index is 11.7. The van der Waals surface area contributed by atoms with Crippen molar-refractivity contribution in [2.24, 2.45) is 5.92 Å². The second-order valence-electron chi connectivity index (χ2n) is 4.32. The maximum absolute atomic E-state index is 11.7. The van der Waals surface area contributed by atoms with Gasteiger partial charge in [0.05, 0.1) is 6.61 Å². The van der Waals surface area contributed by atoms with Crippen LogP contribution in [0.2, 0.25) is 0 Å². The molecule has 0 aliphatic carbocycles. The predicted molar refractivity (Wildman–Crippen MR) is 70.1 cm³/mol. The van der Waals surface area contributed by atoms with Crippen molar-refractivity contribution in [3.05, 3.63) is 23.9 Å². The van der Waals surface area contributed by atoms with E-state index in [9.17, 15) is 9.59 Å². The van der Waals surface area contributed by atoms with Crippen LogP contribution in [0.5, 0.6) is 0 Å². The van der Waals surface area contributed by atoms with Gasteiger partial charge in [0.2, 0.25) is 0 Å². The third-order valence-electron chi connectivity index (χ3n) is 2.53. The van der Waals surface area contributed by atoms with Crippen LogP contribution in [0.15, 0.2) is 18.3 Å². The Hall–Kier alpha value is -2.11. The summed E-state index contributed by atoms with van der Waals surface area (Å²) in [4.78, 5) is 26.9. The molecule has 1 atom stereocenters. The van der Waals surface area contributed by atoms with Gasteiger partial charge in [-0.05, 0) is 25.0 Å². The second-order valence-corrected chi connectivity index (χ2v) is 4.32. The molecule has 1 rings (SSSR count). The minimum Gasteiger partial charge on any atom is -0.480 e. The third kappa shape index (κ3) is 3.94. The summed E-state index contributed by atoms with van der Waals surface area (Å²) < 4.78 is 4.90. The standard InChI is InChI=1S/C13H18N2O4/c1-4-19-13(18)9-6-5-7-14-11(9)15-10(8(2)3)12(16)17/h5-8,10H,4H2,1-3H3,(H,14,15)(H,16,17). The van der Waals surface area contributed by atoms with Gasteiger partial charge in [-0.2, -0.15) is 0 Å². The Morgan fingerprint density at radius 3 is 2.68 bits per heavy atom. The number of esters is 1. The van der Waals surface area contributed by atoms with Crippen LogP contribution in [0.4, 0.5) is 5.82 Å². The lowest BCUT2D eigenvalue weighted by Crippen LogP contribution is -2.35. The van der Waals surface area contributed by atoms with Crippen LogP contribution < -0.4 is 5.32 Å². The molecule has 0 saturated carbocycles. The summed E-state index contributed by atoms with van der Waals surface area (Å²) in [6.07, 6.45) is 1.49. The van der Waals surface area contributed by atoms with Crippen molar-refractivity contribution in [3.8, 4) is 0 Å². The fraction of sp³-hybridized carbons (Fsp3) is 0.462. The highest BCUT2D eigenvalue weighted by Crippen LogP contribution is 2.16. The van der Waals surface area contributed by atoms with Crippen LogP contribution >= 0.6 is 0 Å². The number of carbonyl (C=O) groups is 2. The molecule has 1 aromatic rings. The SMILES string of the molecule is CCOC(=O)c1cccnc1NC(C(=O)O)C(C)C. The van der Waals surface area contributed by atoms with Crippen molar-refractivity contribution >= 4 is 17.8 Å². The number of aliphatic carboxylic acids is 1. The molecule has 0 fully saturated rings. The molecule has 104 valence electrons. The fourth-order valence-electron chi connectivity index (χ4n) is 1.55. The number of nitrogens with one attached hydrogen (secondary N) is 1. The number of carboxylic acids is 1. The topological polar surface area (TPSA) is 88.5 Å². The summed E-state index contributed by atoms with van der Waals surface area (Å²) in [5, 5.41) is 11.9. The van der Waals surface area contributed by atoms with Crippen molar-refractivity contribution in [1.82, 2.24) is 4.98 Å². The molecular weight excluding hydrogens is 248 g/mol. The first-order chi connectivity index (χ1) is 8.97. The van der Waals surface area contributed by atoms with Crippen LogP contribution in [0, 0.1) is 5.92 Å². The van der Waals surface area contributed by atoms with Gasteiger partial charge in [-0.3, -0.25) is 0 Å². The van der Waals surface area contributed by atoms with E-state index in [-0.39, 0.29) is 23.9 Å². The summed E-state index contributed by atoms with van der Waals surface area (Å²) in [6.45, 7) is 5.51. The molecule has 0 amide bonds. The number of carbonyl (C=O) groups excluding carboxylic acids is 1. The Bertz CT molecular complexity index is 460. The Morgan fingerprint density at radius 2 is 2.16 bits per heavy atom. The average Bonchev–Trinajstić information content (AvgIpc) is 2.35. The average molecular weight is 266 g/mol. The van der Waals surface area contributed by atoms with Gasteiger partial charge in [-0.25, -0.2) is 14.6 Å². The number of pyridine rings is 1. The normalized spacial score (nSPS) is 12.0. The first-order valence-electron chi connectivity index (χ1n) is 6.08. The Kier molecular flexibility index (Phi) is 5.29. The monoisotopic (exact) mass is 266 g/mol. The molecule has 1 aromatic heterocycles. The highest BCUT2D eigenvalue weighted by molar-refractivity contribution is 5.95. The molecule has 0 bridgehead atoms. The highest BCUT2D eigenvalue weighted by Gasteiger charge is 2.24. The van der Waals surface area contributed by atoms with Gasteiger partial charge in [0.25, 0.3) is 0 Å². The maximum Gasteiger partial charge on any atom is 0.341 e. The van der Waals surface area contributed by atoms with E-state index in [0.29, 0.717) is 0 Å². The Labute approximate surface area is 111 Å². The molecule has 0 aliphatic rings. The summed E-state index contributed by atoms with van der Waals surface area (Å²) in [5.74, 6) is -1.43. The van der Waals surface area contributed by atoms with Crippen LogP contribution in [-0.2, 0) is 9.53 Å². The van der Waals surface area contributed by atoms with Gasteiger partial charge in [0.15, 0.2) is 0 Å². The number of nitrogens with zero attached hydrogens (tertiary/aromatic N) is 1. The molecule has 2 N–H and O–H groups in total. The minimum atomic E-state index is -0.990. The number of hydrogen-bond acceptors (Lipinski definition) is 5. The highest BCUT2D eigenvalue weighted by atomic mass is 16.5. The van der Waals surface area contributed by atoms with Gasteiger partial charge >= 0.3 is 11.9 Å². The van der Waals surface area contributed by atoms with Gasteiger partial charge in [-0.15, -0.1) is 0 Å². The Morgan fingerprint density at radius 1 is 1.47 bits per heavy atom. The first kappa shape index (κ1) is 14.9. The zero-order valence-electron chi connectivity index (χ0n) is 11.2. The third-order valence-corrected chi connectivity index (χ3v) is 2.53. The second kappa shape index (κ2) is 6.72. The van der Waals surface area contributed by atoms with Gasteiger partial charge < -0.3 is 15.2 Å². The molecule has 0 spiro atoms. The van der Waals surface area contributed by atoms with Crippen LogP contribution in [0.25, 0.3) is 0 Å². The predicted octanol–water partition coefficient (Wildman–Crippen LogP) is 1.78.